The molecule has 4 rings (SSSR count). The van der Waals surface area contributed by atoms with E-state index in [4.69, 9.17) is 4.52 Å². The average Bonchev–Trinajstić information content (AvgIpc) is 3.29. The predicted molar refractivity (Wildman–Crippen MR) is 101 cm³/mol. The average molecular weight is 389 g/mol. The molecule has 1 aliphatic heterocycles. The van der Waals surface area contributed by atoms with Crippen LogP contribution in [0.2, 0.25) is 0 Å². The number of aromatic amines is 1. The SMILES string of the molecule is CC(NC(=O)c1n[nH]c2c1CNCC2)c1nc(Cc2ccccc2)no1.Cl. The van der Waals surface area contributed by atoms with Crippen LogP contribution in [0.25, 0.3) is 0 Å². The Bertz CT molecular complexity index is 908. The van der Waals surface area contributed by atoms with Crippen molar-refractivity contribution in [2.45, 2.75) is 32.4 Å². The van der Waals surface area contributed by atoms with Crippen molar-refractivity contribution in [1.82, 2.24) is 31.0 Å². The van der Waals surface area contributed by atoms with Crippen molar-refractivity contribution in [3.8, 4) is 0 Å². The lowest BCUT2D eigenvalue weighted by Crippen LogP contribution is -2.30. The summed E-state index contributed by atoms with van der Waals surface area (Å²) >= 11 is 0. The number of nitrogens with one attached hydrogen (secondary N) is 3. The molecule has 3 heterocycles. The Labute approximate surface area is 162 Å². The maximum Gasteiger partial charge on any atom is 0.272 e. The molecule has 3 N–H and O–H groups in total. The van der Waals surface area contributed by atoms with E-state index < -0.39 is 6.04 Å². The summed E-state index contributed by atoms with van der Waals surface area (Å²) in [6.07, 6.45) is 1.43. The molecule has 27 heavy (non-hydrogen) atoms. The lowest BCUT2D eigenvalue weighted by atomic mass is 10.1. The fourth-order valence-corrected chi connectivity index (χ4v) is 3.03. The van der Waals surface area contributed by atoms with Crippen molar-refractivity contribution in [3.63, 3.8) is 0 Å². The summed E-state index contributed by atoms with van der Waals surface area (Å²) in [5.41, 5.74) is 3.47. The molecule has 1 atom stereocenters. The van der Waals surface area contributed by atoms with Crippen LogP contribution in [-0.2, 0) is 19.4 Å². The highest BCUT2D eigenvalue weighted by molar-refractivity contribution is 5.94. The summed E-state index contributed by atoms with van der Waals surface area (Å²) < 4.78 is 5.31. The molecule has 1 aromatic carbocycles. The van der Waals surface area contributed by atoms with Gasteiger partial charge >= 0.3 is 0 Å². The van der Waals surface area contributed by atoms with Gasteiger partial charge in [-0.3, -0.25) is 9.89 Å². The van der Waals surface area contributed by atoms with Gasteiger partial charge in [0.05, 0.1) is 0 Å². The molecule has 0 radical (unpaired) electrons. The predicted octanol–water partition coefficient (Wildman–Crippen LogP) is 1.94. The largest absolute Gasteiger partial charge is 0.339 e. The van der Waals surface area contributed by atoms with E-state index in [2.05, 4.69) is 31.0 Å². The van der Waals surface area contributed by atoms with E-state index in [9.17, 15) is 4.79 Å². The molecule has 1 unspecified atom stereocenters. The first-order chi connectivity index (χ1) is 12.7. The molecule has 9 heteroatoms. The number of carbonyl (C=O) groups excluding carboxylic acids is 1. The van der Waals surface area contributed by atoms with Crippen molar-refractivity contribution in [2.24, 2.45) is 0 Å². The lowest BCUT2D eigenvalue weighted by molar-refractivity contribution is 0.0926. The number of hydrogen-bond donors (Lipinski definition) is 3. The van der Waals surface area contributed by atoms with E-state index in [-0.39, 0.29) is 18.3 Å². The van der Waals surface area contributed by atoms with Gasteiger partial charge in [-0.25, -0.2) is 0 Å². The number of amides is 1. The molecule has 0 fully saturated rings. The Hall–Kier alpha value is -2.71. The first-order valence-corrected chi connectivity index (χ1v) is 8.65. The summed E-state index contributed by atoms with van der Waals surface area (Å²) in [6.45, 7) is 3.35. The van der Waals surface area contributed by atoms with Gasteiger partial charge in [0.25, 0.3) is 5.91 Å². The number of nitrogens with zero attached hydrogens (tertiary/aromatic N) is 3. The van der Waals surface area contributed by atoms with E-state index in [1.165, 1.54) is 0 Å². The molecule has 8 nitrogen and oxygen atoms in total. The van der Waals surface area contributed by atoms with Gasteiger partial charge in [0.1, 0.15) is 6.04 Å². The van der Waals surface area contributed by atoms with Crippen molar-refractivity contribution in [3.05, 3.63) is 64.6 Å². The molecule has 1 amide bonds. The fourth-order valence-electron chi connectivity index (χ4n) is 3.03. The summed E-state index contributed by atoms with van der Waals surface area (Å²) in [5.74, 6) is 0.724. The van der Waals surface area contributed by atoms with Gasteiger partial charge in [0, 0.05) is 37.2 Å². The monoisotopic (exact) mass is 388 g/mol. The van der Waals surface area contributed by atoms with Crippen LogP contribution >= 0.6 is 12.4 Å². The summed E-state index contributed by atoms with van der Waals surface area (Å²) in [5, 5.41) is 17.2. The maximum absolute atomic E-state index is 12.5. The molecule has 0 spiro atoms. The smallest absolute Gasteiger partial charge is 0.272 e. The number of rotatable bonds is 5. The number of benzene rings is 1. The number of halogens is 1. The zero-order valence-corrected chi connectivity index (χ0v) is 15.7. The zero-order valence-electron chi connectivity index (χ0n) is 14.9. The van der Waals surface area contributed by atoms with Gasteiger partial charge < -0.3 is 15.2 Å². The van der Waals surface area contributed by atoms with Crippen LogP contribution in [0, 0.1) is 0 Å². The number of hydrogen-bond acceptors (Lipinski definition) is 6. The number of aromatic nitrogens is 4. The van der Waals surface area contributed by atoms with Crippen LogP contribution in [0.3, 0.4) is 0 Å². The highest BCUT2D eigenvalue weighted by Gasteiger charge is 2.24. The van der Waals surface area contributed by atoms with Crippen molar-refractivity contribution >= 4 is 18.3 Å². The van der Waals surface area contributed by atoms with Crippen LogP contribution < -0.4 is 10.6 Å². The van der Waals surface area contributed by atoms with E-state index in [1.54, 1.807) is 0 Å². The Morgan fingerprint density at radius 3 is 2.96 bits per heavy atom. The Kier molecular flexibility index (Phi) is 5.88. The molecule has 0 saturated heterocycles. The first-order valence-electron chi connectivity index (χ1n) is 8.65. The molecule has 0 saturated carbocycles. The van der Waals surface area contributed by atoms with Crippen molar-refractivity contribution in [2.75, 3.05) is 6.54 Å². The maximum atomic E-state index is 12.5. The van der Waals surface area contributed by atoms with E-state index in [1.807, 2.05) is 37.3 Å². The summed E-state index contributed by atoms with van der Waals surface area (Å²) in [7, 11) is 0. The van der Waals surface area contributed by atoms with E-state index in [0.717, 1.165) is 29.8 Å². The quantitative estimate of drug-likeness (QED) is 0.616. The lowest BCUT2D eigenvalue weighted by Gasteiger charge is -2.13. The molecular weight excluding hydrogens is 368 g/mol. The second kappa shape index (κ2) is 8.32. The molecule has 3 aromatic rings. The molecular formula is C18H21ClN6O2. The van der Waals surface area contributed by atoms with Gasteiger partial charge in [-0.15, -0.1) is 12.4 Å². The Morgan fingerprint density at radius 2 is 2.15 bits per heavy atom. The molecule has 0 aliphatic carbocycles. The summed E-state index contributed by atoms with van der Waals surface area (Å²) in [4.78, 5) is 16.9. The molecule has 142 valence electrons. The molecule has 1 aliphatic rings. The number of fused-ring (bicyclic) bond motifs is 1. The third-order valence-electron chi connectivity index (χ3n) is 4.43. The van der Waals surface area contributed by atoms with Crippen LogP contribution in [0.5, 0.6) is 0 Å². The van der Waals surface area contributed by atoms with E-state index in [0.29, 0.717) is 30.4 Å². The van der Waals surface area contributed by atoms with Crippen LogP contribution in [-0.4, -0.2) is 32.8 Å². The third-order valence-corrected chi connectivity index (χ3v) is 4.43. The van der Waals surface area contributed by atoms with Crippen LogP contribution in [0.15, 0.2) is 34.9 Å². The third kappa shape index (κ3) is 4.17. The van der Waals surface area contributed by atoms with Gasteiger partial charge in [0.15, 0.2) is 11.5 Å². The minimum absolute atomic E-state index is 0. The molecule has 2 aromatic heterocycles. The van der Waals surface area contributed by atoms with Crippen LogP contribution in [0.1, 0.15) is 52.0 Å². The highest BCUT2D eigenvalue weighted by atomic mass is 35.5. The standard InChI is InChI=1S/C18H20N6O2.ClH/c1-11(18-21-15(24-26-18)9-12-5-3-2-4-6-12)20-17(25)16-13-10-19-8-7-14(13)22-23-16;/h2-6,11,19H,7-10H2,1H3,(H,20,25)(H,22,23);1H. The van der Waals surface area contributed by atoms with E-state index >= 15 is 0 Å². The summed E-state index contributed by atoms with van der Waals surface area (Å²) in [6, 6.07) is 9.53. The van der Waals surface area contributed by atoms with Crippen LogP contribution in [0.4, 0.5) is 0 Å². The van der Waals surface area contributed by atoms with Crippen molar-refractivity contribution < 1.29 is 9.32 Å². The second-order valence-electron chi connectivity index (χ2n) is 6.36. The van der Waals surface area contributed by atoms with Crippen molar-refractivity contribution in [1.29, 1.82) is 0 Å². The first kappa shape index (κ1) is 19.1. The second-order valence-corrected chi connectivity index (χ2v) is 6.36. The Balaban J connectivity index is 0.00000210. The van der Waals surface area contributed by atoms with Gasteiger partial charge in [0.2, 0.25) is 5.89 Å². The number of carbonyl (C=O) groups is 1. The normalized spacial score (nSPS) is 14.1. The minimum Gasteiger partial charge on any atom is -0.339 e. The molecule has 0 bridgehead atoms. The van der Waals surface area contributed by atoms with Gasteiger partial charge in [-0.05, 0) is 12.5 Å². The fraction of sp³-hybridized carbons (Fsp3) is 0.333. The van der Waals surface area contributed by atoms with Gasteiger partial charge in [-0.1, -0.05) is 35.5 Å². The Morgan fingerprint density at radius 1 is 1.33 bits per heavy atom. The topological polar surface area (TPSA) is 109 Å². The highest BCUT2D eigenvalue weighted by Crippen LogP contribution is 2.17. The van der Waals surface area contributed by atoms with Gasteiger partial charge in [-0.2, -0.15) is 10.1 Å². The number of H-pyrrole nitrogens is 1. The zero-order chi connectivity index (χ0) is 17.9. The minimum atomic E-state index is -0.400.